The van der Waals surface area contributed by atoms with Gasteiger partial charge in [0.15, 0.2) is 5.78 Å². The Kier molecular flexibility index (Phi) is 3.29. The largest absolute Gasteiger partial charge is 0.363 e. The summed E-state index contributed by atoms with van der Waals surface area (Å²) in [5, 5.41) is 0.606. The van der Waals surface area contributed by atoms with Crippen molar-refractivity contribution in [3.8, 4) is 0 Å². The molecule has 0 aliphatic heterocycles. The summed E-state index contributed by atoms with van der Waals surface area (Å²) in [5.74, 6) is -1.80. The molecule has 0 atom stereocenters. The van der Waals surface area contributed by atoms with E-state index >= 15 is 0 Å². The van der Waals surface area contributed by atoms with Crippen molar-refractivity contribution >= 4 is 34.5 Å². The van der Waals surface area contributed by atoms with E-state index < -0.39 is 11.7 Å². The van der Waals surface area contributed by atoms with E-state index in [0.717, 1.165) is 5.56 Å². The molecule has 0 saturated heterocycles. The molecule has 0 saturated carbocycles. The number of H-pyrrole nitrogens is 1. The molecule has 1 aromatic carbocycles. The standard InChI is InChI=1S/C14H12N2O3/c1-8(17)5-6-9-3-2-4-10-11(7-16-12(9)10)13(18)14(15)19/h2-7,16H,1H3,(H2,15,19)/b6-5+. The van der Waals surface area contributed by atoms with Crippen molar-refractivity contribution in [3.05, 3.63) is 41.6 Å². The fraction of sp³-hybridized carbons (Fsp3) is 0.0714. The number of carbonyl (C=O) groups excluding carboxylic acids is 3. The summed E-state index contributed by atoms with van der Waals surface area (Å²) in [7, 11) is 0. The lowest BCUT2D eigenvalue weighted by Crippen LogP contribution is -2.22. The highest BCUT2D eigenvalue weighted by molar-refractivity contribution is 6.44. The van der Waals surface area contributed by atoms with Crippen LogP contribution in [0.3, 0.4) is 0 Å². The lowest BCUT2D eigenvalue weighted by atomic mass is 10.1. The Morgan fingerprint density at radius 2 is 2.00 bits per heavy atom. The predicted octanol–water partition coefficient (Wildman–Crippen LogP) is 1.44. The maximum absolute atomic E-state index is 11.6. The quantitative estimate of drug-likeness (QED) is 0.492. The van der Waals surface area contributed by atoms with Crippen LogP contribution in [0.4, 0.5) is 0 Å². The summed E-state index contributed by atoms with van der Waals surface area (Å²) in [4.78, 5) is 36.4. The molecule has 0 unspecified atom stereocenters. The van der Waals surface area contributed by atoms with Gasteiger partial charge in [0.05, 0.1) is 11.1 Å². The number of benzene rings is 1. The van der Waals surface area contributed by atoms with Crippen molar-refractivity contribution in [1.29, 1.82) is 0 Å². The van der Waals surface area contributed by atoms with Crippen molar-refractivity contribution in [2.24, 2.45) is 5.73 Å². The second-order valence-electron chi connectivity index (χ2n) is 4.11. The molecule has 0 radical (unpaired) electrons. The van der Waals surface area contributed by atoms with Gasteiger partial charge in [-0.3, -0.25) is 14.4 Å². The van der Waals surface area contributed by atoms with E-state index in [-0.39, 0.29) is 11.3 Å². The lowest BCUT2D eigenvalue weighted by Gasteiger charge is -1.98. The van der Waals surface area contributed by atoms with Gasteiger partial charge in [-0.2, -0.15) is 0 Å². The van der Waals surface area contributed by atoms with Crippen molar-refractivity contribution < 1.29 is 14.4 Å². The summed E-state index contributed by atoms with van der Waals surface area (Å²) in [5.41, 5.74) is 6.68. The number of hydrogen-bond acceptors (Lipinski definition) is 3. The number of nitrogens with two attached hydrogens (primary N) is 1. The van der Waals surface area contributed by atoms with Crippen molar-refractivity contribution in [2.75, 3.05) is 0 Å². The van der Waals surface area contributed by atoms with Gasteiger partial charge in [0, 0.05) is 11.6 Å². The van der Waals surface area contributed by atoms with Crippen LogP contribution >= 0.6 is 0 Å². The van der Waals surface area contributed by atoms with Crippen molar-refractivity contribution in [3.63, 3.8) is 0 Å². The maximum atomic E-state index is 11.6. The Hall–Kier alpha value is -2.69. The second-order valence-corrected chi connectivity index (χ2v) is 4.11. The Bertz CT molecular complexity index is 711. The molecule has 1 amide bonds. The molecule has 0 aliphatic carbocycles. The number of aromatic nitrogens is 1. The van der Waals surface area contributed by atoms with Gasteiger partial charge < -0.3 is 10.7 Å². The molecule has 0 fully saturated rings. The highest BCUT2D eigenvalue weighted by atomic mass is 16.2. The van der Waals surface area contributed by atoms with Crippen LogP contribution in [0, 0.1) is 0 Å². The Balaban J connectivity index is 2.57. The molecule has 1 heterocycles. The number of nitrogens with one attached hydrogen (secondary N) is 1. The zero-order chi connectivity index (χ0) is 14.0. The monoisotopic (exact) mass is 256 g/mol. The SMILES string of the molecule is CC(=O)/C=C/c1cccc2c(C(=O)C(N)=O)c[nH]c12. The number of primary amides is 1. The van der Waals surface area contributed by atoms with Gasteiger partial charge in [-0.1, -0.05) is 18.2 Å². The normalized spacial score (nSPS) is 11.0. The van der Waals surface area contributed by atoms with Crippen molar-refractivity contribution in [1.82, 2.24) is 4.98 Å². The summed E-state index contributed by atoms with van der Waals surface area (Å²) < 4.78 is 0. The fourth-order valence-electron chi connectivity index (χ4n) is 1.84. The average molecular weight is 256 g/mol. The van der Waals surface area contributed by atoms with E-state index in [4.69, 9.17) is 5.73 Å². The molecule has 2 aromatic rings. The lowest BCUT2D eigenvalue weighted by molar-refractivity contribution is -0.114. The average Bonchev–Trinajstić information content (AvgIpc) is 2.79. The zero-order valence-corrected chi connectivity index (χ0v) is 10.3. The van der Waals surface area contributed by atoms with Crippen LogP contribution in [0.2, 0.25) is 0 Å². The number of fused-ring (bicyclic) bond motifs is 1. The first-order valence-electron chi connectivity index (χ1n) is 5.63. The van der Waals surface area contributed by atoms with Crippen LogP contribution in [-0.2, 0) is 9.59 Å². The topological polar surface area (TPSA) is 93.0 Å². The fourth-order valence-corrected chi connectivity index (χ4v) is 1.84. The molecule has 1 aromatic heterocycles. The highest BCUT2D eigenvalue weighted by Gasteiger charge is 2.17. The van der Waals surface area contributed by atoms with E-state index in [1.165, 1.54) is 19.2 Å². The van der Waals surface area contributed by atoms with Gasteiger partial charge in [-0.15, -0.1) is 0 Å². The van der Waals surface area contributed by atoms with Crippen molar-refractivity contribution in [2.45, 2.75) is 6.92 Å². The molecular formula is C14H12N2O3. The van der Waals surface area contributed by atoms with Gasteiger partial charge in [-0.05, 0) is 24.6 Å². The minimum atomic E-state index is -0.995. The molecule has 96 valence electrons. The summed E-state index contributed by atoms with van der Waals surface area (Å²) in [6.45, 7) is 1.45. The van der Waals surface area contributed by atoms with E-state index in [0.29, 0.717) is 10.9 Å². The van der Waals surface area contributed by atoms with Crippen LogP contribution in [0.1, 0.15) is 22.8 Å². The smallest absolute Gasteiger partial charge is 0.289 e. The minimum Gasteiger partial charge on any atom is -0.363 e. The van der Waals surface area contributed by atoms with Gasteiger partial charge in [0.25, 0.3) is 11.7 Å². The van der Waals surface area contributed by atoms with Crippen LogP contribution in [0.15, 0.2) is 30.5 Å². The zero-order valence-electron chi connectivity index (χ0n) is 10.3. The number of carbonyl (C=O) groups is 3. The number of ketones is 2. The van der Waals surface area contributed by atoms with Gasteiger partial charge in [0.1, 0.15) is 0 Å². The molecule has 19 heavy (non-hydrogen) atoms. The first kappa shape index (κ1) is 12.8. The molecule has 0 spiro atoms. The molecule has 2 rings (SSSR count). The summed E-state index contributed by atoms with van der Waals surface area (Å²) in [6, 6.07) is 5.26. The third-order valence-electron chi connectivity index (χ3n) is 2.71. The molecule has 0 aliphatic rings. The highest BCUT2D eigenvalue weighted by Crippen LogP contribution is 2.23. The number of para-hydroxylation sites is 1. The second kappa shape index (κ2) is 4.89. The number of aromatic amines is 1. The maximum Gasteiger partial charge on any atom is 0.289 e. The van der Waals surface area contributed by atoms with Gasteiger partial charge in [0.2, 0.25) is 0 Å². The third-order valence-corrected chi connectivity index (χ3v) is 2.71. The first-order valence-corrected chi connectivity index (χ1v) is 5.63. The molecule has 5 nitrogen and oxygen atoms in total. The number of Topliss-reactive ketones (excluding diaryl/α,β-unsaturated/α-hetero) is 1. The number of allylic oxidation sites excluding steroid dienone is 1. The van der Waals surface area contributed by atoms with Gasteiger partial charge >= 0.3 is 0 Å². The van der Waals surface area contributed by atoms with Crippen LogP contribution < -0.4 is 5.73 Å². The van der Waals surface area contributed by atoms with Crippen LogP contribution in [0.5, 0.6) is 0 Å². The summed E-state index contributed by atoms with van der Waals surface area (Å²) >= 11 is 0. The van der Waals surface area contributed by atoms with E-state index in [9.17, 15) is 14.4 Å². The minimum absolute atomic E-state index is 0.0722. The molecular weight excluding hydrogens is 244 g/mol. The molecule has 0 bridgehead atoms. The Labute approximate surface area is 109 Å². The van der Waals surface area contributed by atoms with Crippen LogP contribution in [-0.4, -0.2) is 22.5 Å². The number of hydrogen-bond donors (Lipinski definition) is 2. The number of amides is 1. The molecule has 5 heteroatoms. The molecule has 3 N–H and O–H groups in total. The van der Waals surface area contributed by atoms with Gasteiger partial charge in [-0.25, -0.2) is 0 Å². The third kappa shape index (κ3) is 2.44. The van der Waals surface area contributed by atoms with Crippen LogP contribution in [0.25, 0.3) is 17.0 Å². The Morgan fingerprint density at radius 3 is 2.63 bits per heavy atom. The summed E-state index contributed by atoms with van der Waals surface area (Å²) in [6.07, 6.45) is 4.54. The Morgan fingerprint density at radius 1 is 1.26 bits per heavy atom. The van der Waals surface area contributed by atoms with E-state index in [1.807, 2.05) is 0 Å². The van der Waals surface area contributed by atoms with E-state index in [2.05, 4.69) is 4.98 Å². The number of rotatable bonds is 4. The van der Waals surface area contributed by atoms with E-state index in [1.54, 1.807) is 24.3 Å². The first-order chi connectivity index (χ1) is 9.00. The predicted molar refractivity (Wildman–Crippen MR) is 71.5 cm³/mol.